The standard InChI is InChI=1S/C21H24FN5OS.HI/c1-23-20(25-13-16-14-29-21(26-16)27(2)3)24-12-15-8-4-6-10-18(15)28-19-11-7-5-9-17(19)22;/h4-11,14H,12-13H2,1-3H3,(H2,23,24,25);1H. The normalized spacial score (nSPS) is 10.9. The number of ether oxygens (including phenoxy) is 1. The summed E-state index contributed by atoms with van der Waals surface area (Å²) in [6, 6.07) is 13.9. The molecule has 1 heterocycles. The Morgan fingerprint density at radius 2 is 1.73 bits per heavy atom. The number of nitrogens with one attached hydrogen (secondary N) is 2. The zero-order valence-corrected chi connectivity index (χ0v) is 20.2. The molecule has 0 saturated heterocycles. The number of rotatable bonds is 7. The van der Waals surface area contributed by atoms with Crippen LogP contribution in [0.3, 0.4) is 0 Å². The van der Waals surface area contributed by atoms with E-state index in [0.717, 1.165) is 16.4 Å². The molecule has 0 bridgehead atoms. The van der Waals surface area contributed by atoms with Gasteiger partial charge in [0.1, 0.15) is 5.75 Å². The van der Waals surface area contributed by atoms with E-state index in [1.807, 2.05) is 48.6 Å². The van der Waals surface area contributed by atoms with Crippen molar-refractivity contribution in [2.24, 2.45) is 4.99 Å². The Morgan fingerprint density at radius 3 is 2.40 bits per heavy atom. The van der Waals surface area contributed by atoms with Gasteiger partial charge in [0.25, 0.3) is 0 Å². The van der Waals surface area contributed by atoms with Crippen molar-refractivity contribution in [3.8, 4) is 11.5 Å². The van der Waals surface area contributed by atoms with Gasteiger partial charge in [-0.1, -0.05) is 30.3 Å². The summed E-state index contributed by atoms with van der Waals surface area (Å²) in [5.74, 6) is 1.04. The second-order valence-electron chi connectivity index (χ2n) is 6.44. The monoisotopic (exact) mass is 541 g/mol. The van der Waals surface area contributed by atoms with Crippen LogP contribution in [0, 0.1) is 5.82 Å². The highest BCUT2D eigenvalue weighted by molar-refractivity contribution is 14.0. The maximum Gasteiger partial charge on any atom is 0.191 e. The van der Waals surface area contributed by atoms with E-state index in [9.17, 15) is 4.39 Å². The summed E-state index contributed by atoms with van der Waals surface area (Å²) in [5.41, 5.74) is 1.84. The summed E-state index contributed by atoms with van der Waals surface area (Å²) in [4.78, 5) is 10.8. The molecule has 0 atom stereocenters. The number of hydrogen-bond acceptors (Lipinski definition) is 5. The third-order valence-electron chi connectivity index (χ3n) is 4.06. The lowest BCUT2D eigenvalue weighted by molar-refractivity contribution is 0.437. The average Bonchev–Trinajstić information content (AvgIpc) is 3.20. The molecule has 30 heavy (non-hydrogen) atoms. The first-order valence-electron chi connectivity index (χ1n) is 9.13. The van der Waals surface area contributed by atoms with Crippen molar-refractivity contribution in [2.45, 2.75) is 13.1 Å². The average molecular weight is 541 g/mol. The zero-order chi connectivity index (χ0) is 20.6. The fraction of sp³-hybridized carbons (Fsp3) is 0.238. The number of guanidine groups is 1. The number of benzene rings is 2. The molecule has 160 valence electrons. The fourth-order valence-electron chi connectivity index (χ4n) is 2.55. The maximum atomic E-state index is 13.9. The summed E-state index contributed by atoms with van der Waals surface area (Å²) in [6.07, 6.45) is 0. The molecule has 2 aromatic carbocycles. The molecule has 0 aliphatic rings. The molecular formula is C21H25FIN5OS. The van der Waals surface area contributed by atoms with Gasteiger partial charge < -0.3 is 20.3 Å². The minimum absolute atomic E-state index is 0. The van der Waals surface area contributed by atoms with Crippen molar-refractivity contribution in [1.29, 1.82) is 0 Å². The van der Waals surface area contributed by atoms with Gasteiger partial charge in [-0.3, -0.25) is 4.99 Å². The lowest BCUT2D eigenvalue weighted by atomic mass is 10.2. The van der Waals surface area contributed by atoms with E-state index in [4.69, 9.17) is 4.74 Å². The summed E-state index contributed by atoms with van der Waals surface area (Å²) < 4.78 is 19.7. The highest BCUT2D eigenvalue weighted by Gasteiger charge is 2.09. The molecule has 0 saturated carbocycles. The minimum atomic E-state index is -0.395. The minimum Gasteiger partial charge on any atom is -0.454 e. The van der Waals surface area contributed by atoms with Gasteiger partial charge in [0.15, 0.2) is 22.7 Å². The Bertz CT molecular complexity index is 979. The predicted octanol–water partition coefficient (Wildman–Crippen LogP) is 4.62. The lowest BCUT2D eigenvalue weighted by Crippen LogP contribution is -2.36. The van der Waals surface area contributed by atoms with Crippen LogP contribution in [0.1, 0.15) is 11.3 Å². The van der Waals surface area contributed by atoms with E-state index in [1.54, 1.807) is 36.6 Å². The Balaban J connectivity index is 0.00000320. The summed E-state index contributed by atoms with van der Waals surface area (Å²) in [6.45, 7) is 1.04. The zero-order valence-electron chi connectivity index (χ0n) is 17.1. The van der Waals surface area contributed by atoms with Gasteiger partial charge in [-0.2, -0.15) is 0 Å². The summed E-state index contributed by atoms with van der Waals surface area (Å²) >= 11 is 1.60. The Labute approximate surface area is 197 Å². The Morgan fingerprint density at radius 1 is 1.07 bits per heavy atom. The van der Waals surface area contributed by atoms with Gasteiger partial charge in [-0.25, -0.2) is 9.37 Å². The molecule has 3 rings (SSSR count). The number of thiazole rings is 1. The molecule has 0 aliphatic heterocycles. The van der Waals surface area contributed by atoms with Crippen LogP contribution in [0.5, 0.6) is 11.5 Å². The van der Waals surface area contributed by atoms with Crippen molar-refractivity contribution >= 4 is 46.4 Å². The third-order valence-corrected chi connectivity index (χ3v) is 5.12. The van der Waals surface area contributed by atoms with Crippen molar-refractivity contribution in [1.82, 2.24) is 15.6 Å². The van der Waals surface area contributed by atoms with Gasteiger partial charge in [-0.15, -0.1) is 35.3 Å². The van der Waals surface area contributed by atoms with Gasteiger partial charge in [0.2, 0.25) is 0 Å². The van der Waals surface area contributed by atoms with Crippen LogP contribution < -0.4 is 20.3 Å². The van der Waals surface area contributed by atoms with Crippen LogP contribution in [0.15, 0.2) is 58.9 Å². The molecule has 9 heteroatoms. The Hall–Kier alpha value is -2.40. The van der Waals surface area contributed by atoms with Crippen LogP contribution in [0.2, 0.25) is 0 Å². The summed E-state index contributed by atoms with van der Waals surface area (Å²) in [5, 5.41) is 9.49. The van der Waals surface area contributed by atoms with Crippen LogP contribution in [-0.4, -0.2) is 32.1 Å². The molecule has 0 spiro atoms. The first kappa shape index (κ1) is 23.9. The maximum absolute atomic E-state index is 13.9. The first-order chi connectivity index (χ1) is 14.1. The number of aliphatic imine (C=N–C) groups is 1. The van der Waals surface area contributed by atoms with Gasteiger partial charge >= 0.3 is 0 Å². The largest absolute Gasteiger partial charge is 0.454 e. The van der Waals surface area contributed by atoms with Gasteiger partial charge in [-0.05, 0) is 18.2 Å². The molecular weight excluding hydrogens is 516 g/mol. The number of halogens is 2. The van der Waals surface area contributed by atoms with Crippen molar-refractivity contribution in [3.05, 3.63) is 71.0 Å². The van der Waals surface area contributed by atoms with Crippen LogP contribution in [-0.2, 0) is 13.1 Å². The van der Waals surface area contributed by atoms with E-state index in [0.29, 0.717) is 24.8 Å². The number of nitrogens with zero attached hydrogens (tertiary/aromatic N) is 3. The predicted molar refractivity (Wildman–Crippen MR) is 132 cm³/mol. The van der Waals surface area contributed by atoms with Gasteiger partial charge in [0, 0.05) is 38.6 Å². The molecule has 0 radical (unpaired) electrons. The number of anilines is 1. The van der Waals surface area contributed by atoms with Crippen molar-refractivity contribution in [2.75, 3.05) is 26.0 Å². The number of aromatic nitrogens is 1. The van der Waals surface area contributed by atoms with E-state index in [1.165, 1.54) is 6.07 Å². The van der Waals surface area contributed by atoms with Crippen LogP contribution in [0.4, 0.5) is 9.52 Å². The molecule has 3 aromatic rings. The second-order valence-corrected chi connectivity index (χ2v) is 7.27. The Kier molecular flexibility index (Phi) is 9.31. The SMILES string of the molecule is CN=C(NCc1csc(N(C)C)n1)NCc1ccccc1Oc1ccccc1F.I. The van der Waals surface area contributed by atoms with E-state index < -0.39 is 5.82 Å². The van der Waals surface area contributed by atoms with Crippen LogP contribution >= 0.6 is 35.3 Å². The van der Waals surface area contributed by atoms with Crippen LogP contribution in [0.25, 0.3) is 0 Å². The molecule has 0 fully saturated rings. The van der Waals surface area contributed by atoms with E-state index >= 15 is 0 Å². The summed E-state index contributed by atoms with van der Waals surface area (Å²) in [7, 11) is 5.65. The van der Waals surface area contributed by atoms with Crippen molar-refractivity contribution in [3.63, 3.8) is 0 Å². The second kappa shape index (κ2) is 11.7. The van der Waals surface area contributed by atoms with E-state index in [-0.39, 0.29) is 29.7 Å². The third kappa shape index (κ3) is 6.56. The molecule has 0 amide bonds. The first-order valence-corrected chi connectivity index (χ1v) is 10.0. The van der Waals surface area contributed by atoms with E-state index in [2.05, 4.69) is 20.6 Å². The highest BCUT2D eigenvalue weighted by Crippen LogP contribution is 2.27. The molecule has 1 aromatic heterocycles. The number of para-hydroxylation sites is 2. The molecule has 2 N–H and O–H groups in total. The molecule has 0 aliphatic carbocycles. The number of hydrogen-bond donors (Lipinski definition) is 2. The highest BCUT2D eigenvalue weighted by atomic mass is 127. The smallest absolute Gasteiger partial charge is 0.191 e. The quantitative estimate of drug-likeness (QED) is 0.260. The van der Waals surface area contributed by atoms with Gasteiger partial charge in [0.05, 0.1) is 12.2 Å². The fourth-order valence-corrected chi connectivity index (χ4v) is 3.31. The molecule has 0 unspecified atom stereocenters. The molecule has 6 nitrogen and oxygen atoms in total. The van der Waals surface area contributed by atoms with Crippen molar-refractivity contribution < 1.29 is 9.13 Å². The topological polar surface area (TPSA) is 61.8 Å². The lowest BCUT2D eigenvalue weighted by Gasteiger charge is -2.14.